The topological polar surface area (TPSA) is 46.3 Å². The van der Waals surface area contributed by atoms with E-state index in [9.17, 15) is 4.79 Å². The summed E-state index contributed by atoms with van der Waals surface area (Å²) in [5.74, 6) is 0.0863. The number of hydrogen-bond acceptors (Lipinski definition) is 2. The molecule has 2 N–H and O–H groups in total. The molecule has 3 nitrogen and oxygen atoms in total. The van der Waals surface area contributed by atoms with Gasteiger partial charge in [0, 0.05) is 26.1 Å². The maximum absolute atomic E-state index is 11.9. The van der Waals surface area contributed by atoms with Crippen LogP contribution < -0.4 is 5.73 Å². The molecular formula is C16H20N2O. The molecule has 0 aliphatic carbocycles. The Bertz CT molecular complexity index is 578. The third kappa shape index (κ3) is 3.55. The zero-order valence-corrected chi connectivity index (χ0v) is 11.5. The Morgan fingerprint density at radius 1 is 1.21 bits per heavy atom. The first-order valence-electron chi connectivity index (χ1n) is 6.53. The summed E-state index contributed by atoms with van der Waals surface area (Å²) in [6.45, 7) is 2.47. The monoisotopic (exact) mass is 256 g/mol. The Hall–Kier alpha value is -1.87. The number of nitrogens with zero attached hydrogens (tertiary/aromatic N) is 1. The predicted octanol–water partition coefficient (Wildman–Crippen LogP) is 2.54. The van der Waals surface area contributed by atoms with Crippen LogP contribution in [0.5, 0.6) is 0 Å². The van der Waals surface area contributed by atoms with Crippen LogP contribution in [0.15, 0.2) is 42.5 Å². The lowest BCUT2D eigenvalue weighted by Crippen LogP contribution is -2.31. The molecule has 0 bridgehead atoms. The number of carbonyl (C=O) groups excluding carboxylic acids is 1. The van der Waals surface area contributed by atoms with Crippen LogP contribution >= 0.6 is 0 Å². The summed E-state index contributed by atoms with van der Waals surface area (Å²) in [5, 5.41) is 2.42. The zero-order valence-electron chi connectivity index (χ0n) is 11.5. The van der Waals surface area contributed by atoms with Gasteiger partial charge in [0.25, 0.3) is 0 Å². The molecule has 0 heterocycles. The summed E-state index contributed by atoms with van der Waals surface area (Å²) in [6.07, 6.45) is 0.393. The molecule has 19 heavy (non-hydrogen) atoms. The zero-order chi connectivity index (χ0) is 13.8. The quantitative estimate of drug-likeness (QED) is 0.913. The fourth-order valence-corrected chi connectivity index (χ4v) is 2.13. The van der Waals surface area contributed by atoms with Crippen LogP contribution in [0.2, 0.25) is 0 Å². The summed E-state index contributed by atoms with van der Waals surface area (Å²) in [5.41, 5.74) is 6.79. The largest absolute Gasteiger partial charge is 0.341 e. The van der Waals surface area contributed by atoms with Crippen molar-refractivity contribution in [1.82, 2.24) is 4.90 Å². The molecule has 0 aliphatic rings. The Morgan fingerprint density at radius 2 is 1.89 bits per heavy atom. The minimum absolute atomic E-state index is 0.0863. The summed E-state index contributed by atoms with van der Waals surface area (Å²) >= 11 is 0. The number of benzene rings is 2. The molecule has 1 atom stereocenters. The van der Waals surface area contributed by atoms with E-state index >= 15 is 0 Å². The first kappa shape index (κ1) is 13.6. The molecule has 2 aromatic rings. The Morgan fingerprint density at radius 3 is 2.58 bits per heavy atom. The molecule has 2 rings (SSSR count). The maximum Gasteiger partial charge on any atom is 0.224 e. The SMILES string of the molecule is CC(N)CC(=O)N(C)Cc1ccc2ccccc2c1. The molecule has 1 unspecified atom stereocenters. The van der Waals surface area contributed by atoms with E-state index in [0.717, 1.165) is 5.56 Å². The first-order valence-corrected chi connectivity index (χ1v) is 6.53. The van der Waals surface area contributed by atoms with Crippen molar-refractivity contribution in [2.75, 3.05) is 7.05 Å². The molecule has 0 aromatic heterocycles. The number of fused-ring (bicyclic) bond motifs is 1. The van der Waals surface area contributed by atoms with Crippen LogP contribution in [0.3, 0.4) is 0 Å². The van der Waals surface area contributed by atoms with Gasteiger partial charge < -0.3 is 10.6 Å². The fraction of sp³-hybridized carbons (Fsp3) is 0.312. The lowest BCUT2D eigenvalue weighted by molar-refractivity contribution is -0.130. The van der Waals surface area contributed by atoms with Gasteiger partial charge in [-0.3, -0.25) is 4.79 Å². The van der Waals surface area contributed by atoms with Gasteiger partial charge in [0.1, 0.15) is 0 Å². The average molecular weight is 256 g/mol. The van der Waals surface area contributed by atoms with Gasteiger partial charge in [-0.2, -0.15) is 0 Å². The highest BCUT2D eigenvalue weighted by Crippen LogP contribution is 2.16. The fourth-order valence-electron chi connectivity index (χ4n) is 2.13. The highest BCUT2D eigenvalue weighted by Gasteiger charge is 2.11. The molecule has 0 saturated heterocycles. The summed E-state index contributed by atoms with van der Waals surface area (Å²) in [6, 6.07) is 14.4. The number of hydrogen-bond donors (Lipinski definition) is 1. The number of carbonyl (C=O) groups is 1. The first-order chi connectivity index (χ1) is 9.06. The molecule has 0 fully saturated rings. The summed E-state index contributed by atoms with van der Waals surface area (Å²) < 4.78 is 0. The van der Waals surface area contributed by atoms with Crippen LogP contribution in [0.25, 0.3) is 10.8 Å². The van der Waals surface area contributed by atoms with Crippen LogP contribution in [0.1, 0.15) is 18.9 Å². The van der Waals surface area contributed by atoms with Crippen molar-refractivity contribution < 1.29 is 4.79 Å². The Balaban J connectivity index is 2.10. The Kier molecular flexibility index (Phi) is 4.17. The molecular weight excluding hydrogens is 236 g/mol. The molecule has 0 saturated carbocycles. The summed E-state index contributed by atoms with van der Waals surface area (Å²) in [4.78, 5) is 13.6. The van der Waals surface area contributed by atoms with Crippen molar-refractivity contribution in [1.29, 1.82) is 0 Å². The number of amides is 1. The standard InChI is InChI=1S/C16H20N2O/c1-12(17)9-16(19)18(2)11-13-7-8-14-5-3-4-6-15(14)10-13/h3-8,10,12H,9,11,17H2,1-2H3. The number of nitrogens with two attached hydrogens (primary N) is 1. The average Bonchev–Trinajstić information content (AvgIpc) is 2.37. The van der Waals surface area contributed by atoms with Gasteiger partial charge in [0.2, 0.25) is 5.91 Å². The van der Waals surface area contributed by atoms with Crippen molar-refractivity contribution in [2.45, 2.75) is 25.9 Å². The normalized spacial score (nSPS) is 12.4. The molecule has 0 aliphatic heterocycles. The van der Waals surface area contributed by atoms with Gasteiger partial charge in [-0.15, -0.1) is 0 Å². The van der Waals surface area contributed by atoms with E-state index in [1.54, 1.807) is 4.90 Å². The third-order valence-corrected chi connectivity index (χ3v) is 3.16. The third-order valence-electron chi connectivity index (χ3n) is 3.16. The van der Waals surface area contributed by atoms with Crippen molar-refractivity contribution in [3.63, 3.8) is 0 Å². The molecule has 3 heteroatoms. The second-order valence-electron chi connectivity index (χ2n) is 5.11. The molecule has 0 spiro atoms. The van der Waals surface area contributed by atoms with Crippen LogP contribution in [-0.4, -0.2) is 23.9 Å². The molecule has 0 radical (unpaired) electrons. The van der Waals surface area contributed by atoms with Crippen molar-refractivity contribution in [2.24, 2.45) is 5.73 Å². The van der Waals surface area contributed by atoms with Crippen LogP contribution in [0, 0.1) is 0 Å². The minimum Gasteiger partial charge on any atom is -0.341 e. The van der Waals surface area contributed by atoms with Gasteiger partial charge in [0.05, 0.1) is 0 Å². The van der Waals surface area contributed by atoms with Crippen molar-refractivity contribution >= 4 is 16.7 Å². The molecule has 1 amide bonds. The molecule has 100 valence electrons. The number of rotatable bonds is 4. The molecule has 2 aromatic carbocycles. The smallest absolute Gasteiger partial charge is 0.224 e. The second-order valence-corrected chi connectivity index (χ2v) is 5.11. The van der Waals surface area contributed by atoms with E-state index in [1.807, 2.05) is 26.1 Å². The van der Waals surface area contributed by atoms with Gasteiger partial charge >= 0.3 is 0 Å². The predicted molar refractivity (Wildman–Crippen MR) is 78.7 cm³/mol. The lowest BCUT2D eigenvalue weighted by Gasteiger charge is -2.18. The highest BCUT2D eigenvalue weighted by atomic mass is 16.2. The maximum atomic E-state index is 11.9. The van der Waals surface area contributed by atoms with E-state index in [1.165, 1.54) is 10.8 Å². The van der Waals surface area contributed by atoms with Gasteiger partial charge in [-0.1, -0.05) is 36.4 Å². The summed E-state index contributed by atoms with van der Waals surface area (Å²) in [7, 11) is 1.82. The lowest BCUT2D eigenvalue weighted by atomic mass is 10.1. The van der Waals surface area contributed by atoms with Crippen LogP contribution in [0.4, 0.5) is 0 Å². The van der Waals surface area contributed by atoms with E-state index in [2.05, 4.69) is 30.3 Å². The van der Waals surface area contributed by atoms with Crippen molar-refractivity contribution in [3.05, 3.63) is 48.0 Å². The van der Waals surface area contributed by atoms with Crippen molar-refractivity contribution in [3.8, 4) is 0 Å². The highest BCUT2D eigenvalue weighted by molar-refractivity contribution is 5.83. The minimum atomic E-state index is -0.0912. The van der Waals surface area contributed by atoms with Crippen LogP contribution in [-0.2, 0) is 11.3 Å². The van der Waals surface area contributed by atoms with E-state index < -0.39 is 0 Å². The Labute approximate surface area is 114 Å². The van der Waals surface area contributed by atoms with Gasteiger partial charge in [-0.05, 0) is 29.3 Å². The van der Waals surface area contributed by atoms with E-state index in [0.29, 0.717) is 13.0 Å². The second kappa shape index (κ2) is 5.85. The van der Waals surface area contributed by atoms with E-state index in [-0.39, 0.29) is 11.9 Å². The van der Waals surface area contributed by atoms with Gasteiger partial charge in [-0.25, -0.2) is 0 Å². The van der Waals surface area contributed by atoms with E-state index in [4.69, 9.17) is 5.73 Å². The van der Waals surface area contributed by atoms with Gasteiger partial charge in [0.15, 0.2) is 0 Å².